The smallest absolute Gasteiger partial charge is 1.00 e. The number of hydrogen-bond acceptors (Lipinski definition) is 7. The molecule has 0 heterocycles. The van der Waals surface area contributed by atoms with Crippen molar-refractivity contribution in [1.29, 1.82) is 0 Å². The van der Waals surface area contributed by atoms with E-state index >= 15 is 0 Å². The number of halogens is 2. The molecule has 0 aliphatic carbocycles. The van der Waals surface area contributed by atoms with Crippen LogP contribution in [0.15, 0.2) is 84.9 Å². The number of esters is 2. The molecule has 8 nitrogen and oxygen atoms in total. The molecule has 3 aromatic carbocycles. The molecule has 12 heteroatoms. The Morgan fingerprint density at radius 3 is 1.91 bits per heavy atom. The minimum atomic E-state index is -5.88. The summed E-state index contributed by atoms with van der Waals surface area (Å²) in [5.41, 5.74) is -2.51. The number of rotatable bonds is 12. The van der Waals surface area contributed by atoms with Crippen molar-refractivity contribution in [3.63, 3.8) is 0 Å². The van der Waals surface area contributed by atoms with Crippen LogP contribution >= 0.6 is 0 Å². The minimum Gasteiger partial charge on any atom is -1.00 e. The third-order valence-electron chi connectivity index (χ3n) is 6.82. The fourth-order valence-electron chi connectivity index (χ4n) is 5.08. The molecule has 1 unspecified atom stereocenters. The van der Waals surface area contributed by atoms with Crippen molar-refractivity contribution in [3.8, 4) is 5.75 Å². The summed E-state index contributed by atoms with van der Waals surface area (Å²) in [4.78, 5) is 26.9. The van der Waals surface area contributed by atoms with Gasteiger partial charge in [-0.05, 0) is 49.8 Å². The summed E-state index contributed by atoms with van der Waals surface area (Å²) in [5, 5.41) is -4.76. The summed E-state index contributed by atoms with van der Waals surface area (Å²) < 4.78 is 76.8. The number of benzene rings is 3. The molecule has 44 heavy (non-hydrogen) atoms. The molecular formula is C32H37F2NaO8S. The van der Waals surface area contributed by atoms with Gasteiger partial charge in [0.1, 0.15) is 16.8 Å². The second-order valence-electron chi connectivity index (χ2n) is 11.7. The normalized spacial score (nSPS) is 13.6. The van der Waals surface area contributed by atoms with Gasteiger partial charge in [0.2, 0.25) is 0 Å². The van der Waals surface area contributed by atoms with Crippen LogP contribution < -0.4 is 34.3 Å². The van der Waals surface area contributed by atoms with E-state index in [-0.39, 0.29) is 48.7 Å². The molecule has 234 valence electrons. The maximum atomic E-state index is 14.4. The molecule has 0 spiro atoms. The summed E-state index contributed by atoms with van der Waals surface area (Å²) in [6.07, 6.45) is 0.229. The minimum absolute atomic E-state index is 0. The predicted octanol–water partition coefficient (Wildman–Crippen LogP) is 3.10. The van der Waals surface area contributed by atoms with E-state index in [0.717, 1.165) is 5.56 Å². The largest absolute Gasteiger partial charge is 1.00 e. The molecule has 3 rings (SSSR count). The number of hydrogen-bond donors (Lipinski definition) is 1. The second kappa shape index (κ2) is 14.5. The topological polar surface area (TPSA) is 116 Å². The number of alkyl halides is 2. The van der Waals surface area contributed by atoms with Gasteiger partial charge in [-0.15, -0.1) is 0 Å². The molecule has 0 bridgehead atoms. The average molecular weight is 643 g/mol. The first-order chi connectivity index (χ1) is 19.9. The van der Waals surface area contributed by atoms with Crippen molar-refractivity contribution >= 4 is 22.1 Å². The number of ether oxygens (including phenoxy) is 3. The van der Waals surface area contributed by atoms with E-state index in [1.807, 2.05) is 30.3 Å². The van der Waals surface area contributed by atoms with Gasteiger partial charge in [-0.2, -0.15) is 17.2 Å². The van der Waals surface area contributed by atoms with Crippen molar-refractivity contribution < 1.29 is 76.5 Å². The van der Waals surface area contributed by atoms with E-state index in [9.17, 15) is 26.8 Å². The molecule has 3 aromatic rings. The van der Waals surface area contributed by atoms with Gasteiger partial charge in [0.25, 0.3) is 0 Å². The summed E-state index contributed by atoms with van der Waals surface area (Å²) in [6, 6.07) is 23.8. The standard InChI is InChI=1S/C32H36F2O8S.Na.H/c1-29(2,3)42-27(35)21-40-26-19-13-12-18-25(26)32(24-16-10-7-11-17-24,28(36)41-22-31(33,34)43(37,38)39)30(4,5)20-23-14-8-6-9-15-23;;/h6-19H,20-22H2,1-5H3,(H,37,38,39);;/q;+1;-1. The van der Waals surface area contributed by atoms with Gasteiger partial charge in [-0.1, -0.05) is 92.7 Å². The Morgan fingerprint density at radius 2 is 1.36 bits per heavy atom. The molecule has 1 N–H and O–H groups in total. The van der Waals surface area contributed by atoms with Gasteiger partial charge in [0.05, 0.1) is 0 Å². The van der Waals surface area contributed by atoms with Gasteiger partial charge in [0, 0.05) is 5.56 Å². The zero-order valence-corrected chi connectivity index (χ0v) is 28.5. The summed E-state index contributed by atoms with van der Waals surface area (Å²) in [5.74, 6) is -1.81. The zero-order chi connectivity index (χ0) is 32.1. The molecule has 0 saturated heterocycles. The van der Waals surface area contributed by atoms with Gasteiger partial charge >= 0.3 is 56.9 Å². The van der Waals surface area contributed by atoms with Crippen molar-refractivity contribution in [2.75, 3.05) is 13.2 Å². The Hall–Kier alpha value is -2.83. The first kappa shape index (κ1) is 37.4. The summed E-state index contributed by atoms with van der Waals surface area (Å²) >= 11 is 0. The van der Waals surface area contributed by atoms with E-state index in [0.29, 0.717) is 5.56 Å². The van der Waals surface area contributed by atoms with Crippen LogP contribution in [0, 0.1) is 5.41 Å². The quantitative estimate of drug-likeness (QED) is 0.182. The Kier molecular flexibility index (Phi) is 12.3. The molecule has 0 fully saturated rings. The molecule has 0 aliphatic rings. The van der Waals surface area contributed by atoms with E-state index in [2.05, 4.69) is 0 Å². The van der Waals surface area contributed by atoms with Gasteiger partial charge in [-0.3, -0.25) is 9.35 Å². The van der Waals surface area contributed by atoms with Crippen LogP contribution in [0.2, 0.25) is 0 Å². The van der Waals surface area contributed by atoms with Gasteiger partial charge in [0.15, 0.2) is 13.2 Å². The second-order valence-corrected chi connectivity index (χ2v) is 13.3. The first-order valence-electron chi connectivity index (χ1n) is 13.5. The zero-order valence-electron chi connectivity index (χ0n) is 26.7. The van der Waals surface area contributed by atoms with Crippen molar-refractivity contribution in [3.05, 3.63) is 102 Å². The molecule has 0 radical (unpaired) electrons. The van der Waals surface area contributed by atoms with E-state index in [4.69, 9.17) is 18.8 Å². The van der Waals surface area contributed by atoms with Crippen molar-refractivity contribution in [2.45, 2.75) is 57.3 Å². The Morgan fingerprint density at radius 1 is 0.841 bits per heavy atom. The van der Waals surface area contributed by atoms with Gasteiger partial charge < -0.3 is 15.6 Å². The third-order valence-corrected chi connectivity index (χ3v) is 7.69. The van der Waals surface area contributed by atoms with E-state index < -0.39 is 57.0 Å². The predicted molar refractivity (Wildman–Crippen MR) is 157 cm³/mol. The average Bonchev–Trinajstić information content (AvgIpc) is 2.91. The van der Waals surface area contributed by atoms with Crippen molar-refractivity contribution in [1.82, 2.24) is 0 Å². The van der Waals surface area contributed by atoms with E-state index in [1.165, 1.54) is 6.07 Å². The van der Waals surface area contributed by atoms with Crippen molar-refractivity contribution in [2.24, 2.45) is 5.41 Å². The maximum Gasteiger partial charge on any atom is 1.00 e. The summed E-state index contributed by atoms with van der Waals surface area (Å²) in [7, 11) is -5.88. The van der Waals surface area contributed by atoms with Crippen LogP contribution in [0.25, 0.3) is 0 Å². The van der Waals surface area contributed by atoms with Crippen LogP contribution in [-0.4, -0.2) is 49.0 Å². The van der Waals surface area contributed by atoms with Crippen LogP contribution in [-0.2, 0) is 41.0 Å². The molecule has 0 saturated carbocycles. The molecule has 0 aliphatic heterocycles. The number of para-hydroxylation sites is 1. The fraction of sp³-hybridized carbons (Fsp3) is 0.375. The Balaban J connectivity index is 0.00000506. The first-order valence-corrected chi connectivity index (χ1v) is 14.9. The maximum absolute atomic E-state index is 14.4. The van der Waals surface area contributed by atoms with Crippen LogP contribution in [0.4, 0.5) is 8.78 Å². The Bertz CT molecular complexity index is 1530. The SMILES string of the molecule is CC(C)(C)OC(=O)COc1ccccc1C(C(=O)OCC(F)(F)S(=O)(=O)O)(c1ccccc1)C(C)(C)Cc1ccccc1.[H-].[Na+]. The monoisotopic (exact) mass is 642 g/mol. The molecule has 0 amide bonds. The third kappa shape index (κ3) is 8.66. The Labute approximate surface area is 280 Å². The van der Waals surface area contributed by atoms with E-state index in [1.54, 1.807) is 83.1 Å². The molecular weight excluding hydrogens is 605 g/mol. The fourth-order valence-corrected chi connectivity index (χ4v) is 5.29. The van der Waals surface area contributed by atoms with Crippen LogP contribution in [0.5, 0.6) is 5.75 Å². The number of carbonyl (C=O) groups excluding carboxylic acids is 2. The molecule has 0 aromatic heterocycles. The summed E-state index contributed by atoms with van der Waals surface area (Å²) in [6.45, 7) is 6.15. The van der Waals surface area contributed by atoms with Crippen LogP contribution in [0.1, 0.15) is 52.7 Å². The number of carbonyl (C=O) groups is 2. The van der Waals surface area contributed by atoms with Crippen LogP contribution in [0.3, 0.4) is 0 Å². The van der Waals surface area contributed by atoms with Gasteiger partial charge in [-0.25, -0.2) is 4.79 Å². The molecule has 1 atom stereocenters.